The number of amides is 1. The van der Waals surface area contributed by atoms with E-state index in [4.69, 9.17) is 9.47 Å². The average Bonchev–Trinajstić information content (AvgIpc) is 3.22. The fraction of sp³-hybridized carbons (Fsp3) is 0.733. The Kier molecular flexibility index (Phi) is 4.55. The van der Waals surface area contributed by atoms with Crippen LogP contribution in [-0.2, 0) is 27.4 Å². The molecule has 0 bridgehead atoms. The molecule has 3 rings (SSSR count). The Morgan fingerprint density at radius 3 is 2.90 bits per heavy atom. The highest BCUT2D eigenvalue weighted by molar-refractivity contribution is 5.77. The molecule has 0 saturated heterocycles. The van der Waals surface area contributed by atoms with Crippen molar-refractivity contribution in [2.75, 3.05) is 33.5 Å². The molecule has 0 N–H and O–H groups in total. The van der Waals surface area contributed by atoms with Crippen LogP contribution in [0.4, 0.5) is 0 Å². The molecule has 6 heteroatoms. The monoisotopic (exact) mass is 293 g/mol. The highest BCUT2D eigenvalue weighted by Crippen LogP contribution is 2.29. The fourth-order valence-corrected chi connectivity index (χ4v) is 2.73. The van der Waals surface area contributed by atoms with E-state index < -0.39 is 0 Å². The Labute approximate surface area is 125 Å². The quantitative estimate of drug-likeness (QED) is 0.782. The summed E-state index contributed by atoms with van der Waals surface area (Å²) in [5, 5.41) is 4.35. The minimum absolute atomic E-state index is 0.0272. The van der Waals surface area contributed by atoms with Gasteiger partial charge in [-0.15, -0.1) is 0 Å². The number of carbonyl (C=O) groups excluding carboxylic acids is 1. The summed E-state index contributed by atoms with van der Waals surface area (Å²) in [5.41, 5.74) is 1.07. The lowest BCUT2D eigenvalue weighted by Gasteiger charge is -2.23. The van der Waals surface area contributed by atoms with Crippen molar-refractivity contribution >= 4 is 5.91 Å². The molecule has 1 saturated carbocycles. The molecule has 116 valence electrons. The molecular weight excluding hydrogens is 270 g/mol. The third-order valence-corrected chi connectivity index (χ3v) is 4.09. The van der Waals surface area contributed by atoms with E-state index in [0.717, 1.165) is 24.8 Å². The van der Waals surface area contributed by atoms with Crippen LogP contribution in [0, 0.1) is 11.8 Å². The lowest BCUT2D eigenvalue weighted by Crippen LogP contribution is -2.37. The van der Waals surface area contributed by atoms with Gasteiger partial charge in [-0.1, -0.05) is 0 Å². The van der Waals surface area contributed by atoms with Gasteiger partial charge in [-0.05, 0) is 24.8 Å². The SMILES string of the molecule is COCC(=O)N1Cc2ccnn2CC(COCC2CC2)C1. The van der Waals surface area contributed by atoms with Crippen molar-refractivity contribution in [3.63, 3.8) is 0 Å². The molecule has 1 atom stereocenters. The number of ether oxygens (including phenoxy) is 2. The van der Waals surface area contributed by atoms with Gasteiger partial charge in [0.25, 0.3) is 0 Å². The molecule has 6 nitrogen and oxygen atoms in total. The van der Waals surface area contributed by atoms with Gasteiger partial charge in [0.05, 0.1) is 18.8 Å². The number of rotatable bonds is 6. The van der Waals surface area contributed by atoms with Crippen LogP contribution < -0.4 is 0 Å². The predicted octanol–water partition coefficient (Wildman–Crippen LogP) is 0.914. The van der Waals surface area contributed by atoms with Crippen molar-refractivity contribution in [1.82, 2.24) is 14.7 Å². The van der Waals surface area contributed by atoms with Crippen LogP contribution in [0.25, 0.3) is 0 Å². The van der Waals surface area contributed by atoms with Crippen molar-refractivity contribution in [3.05, 3.63) is 18.0 Å². The molecule has 21 heavy (non-hydrogen) atoms. The zero-order chi connectivity index (χ0) is 14.7. The molecule has 1 aliphatic heterocycles. The Balaban J connectivity index is 1.63. The first kappa shape index (κ1) is 14.5. The summed E-state index contributed by atoms with van der Waals surface area (Å²) < 4.78 is 12.8. The molecule has 0 spiro atoms. The minimum Gasteiger partial charge on any atom is -0.381 e. The summed E-state index contributed by atoms with van der Waals surface area (Å²) in [6.07, 6.45) is 4.39. The van der Waals surface area contributed by atoms with Crippen LogP contribution in [0.1, 0.15) is 18.5 Å². The summed E-state index contributed by atoms with van der Waals surface area (Å²) in [7, 11) is 1.55. The molecule has 1 aromatic rings. The van der Waals surface area contributed by atoms with E-state index in [9.17, 15) is 4.79 Å². The largest absolute Gasteiger partial charge is 0.381 e. The molecule has 1 aliphatic carbocycles. The van der Waals surface area contributed by atoms with Gasteiger partial charge in [-0.2, -0.15) is 5.10 Å². The number of aromatic nitrogens is 2. The van der Waals surface area contributed by atoms with Crippen molar-refractivity contribution in [2.24, 2.45) is 11.8 Å². The molecule has 2 aliphatic rings. The topological polar surface area (TPSA) is 56.6 Å². The summed E-state index contributed by atoms with van der Waals surface area (Å²) in [5.74, 6) is 1.08. The predicted molar refractivity (Wildman–Crippen MR) is 76.6 cm³/mol. The summed E-state index contributed by atoms with van der Waals surface area (Å²) in [6.45, 7) is 3.78. The standard InChI is InChI=1S/C15H23N3O3/c1-20-11-15(19)17-6-13(10-21-9-12-2-3-12)7-18-14(8-17)4-5-16-18/h4-5,12-13H,2-3,6-11H2,1H3. The van der Waals surface area contributed by atoms with Crippen LogP contribution in [-0.4, -0.2) is 54.1 Å². The normalized spacial score (nSPS) is 22.0. The van der Waals surface area contributed by atoms with Crippen LogP contribution in [0.15, 0.2) is 12.3 Å². The number of hydrogen-bond donors (Lipinski definition) is 0. The van der Waals surface area contributed by atoms with Gasteiger partial charge in [-0.25, -0.2) is 0 Å². The number of carbonyl (C=O) groups is 1. The van der Waals surface area contributed by atoms with Crippen LogP contribution in [0.3, 0.4) is 0 Å². The Bertz CT molecular complexity index is 484. The lowest BCUT2D eigenvalue weighted by molar-refractivity contribution is -0.136. The molecule has 1 amide bonds. The van der Waals surface area contributed by atoms with Gasteiger partial charge in [-0.3, -0.25) is 9.48 Å². The third-order valence-electron chi connectivity index (χ3n) is 4.09. The van der Waals surface area contributed by atoms with Gasteiger partial charge in [0.15, 0.2) is 0 Å². The van der Waals surface area contributed by atoms with E-state index in [1.807, 2.05) is 15.6 Å². The van der Waals surface area contributed by atoms with Crippen molar-refractivity contribution < 1.29 is 14.3 Å². The van der Waals surface area contributed by atoms with Crippen molar-refractivity contribution in [3.8, 4) is 0 Å². The summed E-state index contributed by atoms with van der Waals surface area (Å²) >= 11 is 0. The zero-order valence-corrected chi connectivity index (χ0v) is 12.5. The van der Waals surface area contributed by atoms with E-state index in [0.29, 0.717) is 19.7 Å². The van der Waals surface area contributed by atoms with Gasteiger partial charge >= 0.3 is 0 Å². The Hall–Kier alpha value is -1.40. The van der Waals surface area contributed by atoms with Crippen molar-refractivity contribution in [2.45, 2.75) is 25.9 Å². The zero-order valence-electron chi connectivity index (χ0n) is 12.5. The first-order chi connectivity index (χ1) is 10.3. The van der Waals surface area contributed by atoms with Crippen LogP contribution in [0.2, 0.25) is 0 Å². The highest BCUT2D eigenvalue weighted by Gasteiger charge is 2.27. The van der Waals surface area contributed by atoms with Gasteiger partial charge in [0.1, 0.15) is 6.61 Å². The maximum atomic E-state index is 12.2. The maximum Gasteiger partial charge on any atom is 0.248 e. The molecular formula is C15H23N3O3. The van der Waals surface area contributed by atoms with Crippen LogP contribution >= 0.6 is 0 Å². The molecule has 2 heterocycles. The second kappa shape index (κ2) is 6.58. The average molecular weight is 293 g/mol. The molecule has 1 fully saturated rings. The summed E-state index contributed by atoms with van der Waals surface area (Å²) in [4.78, 5) is 14.0. The van der Waals surface area contributed by atoms with Gasteiger partial charge in [0, 0.05) is 38.9 Å². The fourth-order valence-electron chi connectivity index (χ4n) is 2.73. The van der Waals surface area contributed by atoms with E-state index in [-0.39, 0.29) is 18.4 Å². The highest BCUT2D eigenvalue weighted by atomic mass is 16.5. The first-order valence-corrected chi connectivity index (χ1v) is 7.61. The Morgan fingerprint density at radius 2 is 2.14 bits per heavy atom. The first-order valence-electron chi connectivity index (χ1n) is 7.61. The smallest absolute Gasteiger partial charge is 0.248 e. The van der Waals surface area contributed by atoms with E-state index in [1.54, 1.807) is 13.3 Å². The number of fused-ring (bicyclic) bond motifs is 1. The summed E-state index contributed by atoms with van der Waals surface area (Å²) in [6, 6.07) is 1.97. The molecule has 0 aromatic carbocycles. The number of nitrogens with zero attached hydrogens (tertiary/aromatic N) is 3. The maximum absolute atomic E-state index is 12.2. The second-order valence-electron chi connectivity index (χ2n) is 6.06. The molecule has 1 aromatic heterocycles. The van der Waals surface area contributed by atoms with Gasteiger partial charge < -0.3 is 14.4 Å². The van der Waals surface area contributed by atoms with Crippen LogP contribution in [0.5, 0.6) is 0 Å². The molecule has 0 radical (unpaired) electrons. The minimum atomic E-state index is 0.0272. The third kappa shape index (κ3) is 3.83. The second-order valence-corrected chi connectivity index (χ2v) is 6.06. The Morgan fingerprint density at radius 1 is 1.33 bits per heavy atom. The lowest BCUT2D eigenvalue weighted by atomic mass is 10.1. The van der Waals surface area contributed by atoms with Gasteiger partial charge in [0.2, 0.25) is 5.91 Å². The number of hydrogen-bond acceptors (Lipinski definition) is 4. The van der Waals surface area contributed by atoms with E-state index in [1.165, 1.54) is 12.8 Å². The molecule has 1 unspecified atom stereocenters. The van der Waals surface area contributed by atoms with E-state index in [2.05, 4.69) is 5.10 Å². The number of methoxy groups -OCH3 is 1. The van der Waals surface area contributed by atoms with Crippen molar-refractivity contribution in [1.29, 1.82) is 0 Å². The van der Waals surface area contributed by atoms with E-state index >= 15 is 0 Å².